The quantitative estimate of drug-likeness (QED) is 0.347. The summed E-state index contributed by atoms with van der Waals surface area (Å²) in [5.74, 6) is -3.16. The Morgan fingerprint density at radius 3 is 2.06 bits per heavy atom. The van der Waals surface area contributed by atoms with E-state index in [1.54, 1.807) is 51.1 Å². The van der Waals surface area contributed by atoms with E-state index in [1.165, 1.54) is 13.8 Å². The van der Waals surface area contributed by atoms with Crippen LogP contribution in [0.1, 0.15) is 47.1 Å². The minimum Gasteiger partial charge on any atom is -0.459 e. The van der Waals surface area contributed by atoms with Crippen LogP contribution in [0.3, 0.4) is 0 Å². The predicted molar refractivity (Wildman–Crippen MR) is 114 cm³/mol. The van der Waals surface area contributed by atoms with Crippen LogP contribution in [0, 0.1) is 5.92 Å². The minimum atomic E-state index is -4.97. The monoisotopic (exact) mass is 479 g/mol. The number of carbonyl (C=O) groups excluding carboxylic acids is 2. The molecule has 0 unspecified atom stereocenters. The topological polar surface area (TPSA) is 100 Å². The van der Waals surface area contributed by atoms with Crippen LogP contribution in [0.15, 0.2) is 30.3 Å². The van der Waals surface area contributed by atoms with Gasteiger partial charge in [0.1, 0.15) is 18.2 Å². The van der Waals surface area contributed by atoms with Crippen LogP contribution in [0.4, 0.5) is 13.6 Å². The van der Waals surface area contributed by atoms with Crippen LogP contribution >= 0.6 is 7.60 Å². The molecule has 0 heterocycles. The number of alkyl halides is 2. The van der Waals surface area contributed by atoms with Gasteiger partial charge in [0.2, 0.25) is 0 Å². The van der Waals surface area contributed by atoms with Crippen LogP contribution in [0.2, 0.25) is 0 Å². The van der Waals surface area contributed by atoms with Gasteiger partial charge in [-0.15, -0.1) is 0 Å². The van der Waals surface area contributed by atoms with E-state index >= 15 is 8.78 Å². The number of hydrogen-bond donors (Lipinski definition) is 1. The molecule has 0 spiro atoms. The fourth-order valence-corrected chi connectivity index (χ4v) is 4.39. The van der Waals surface area contributed by atoms with E-state index in [0.717, 1.165) is 6.92 Å². The number of halogens is 2. The molecule has 2 atom stereocenters. The molecule has 8 nitrogen and oxygen atoms in total. The molecule has 0 radical (unpaired) electrons. The van der Waals surface area contributed by atoms with Crippen molar-refractivity contribution in [3.8, 4) is 0 Å². The zero-order chi connectivity index (χ0) is 24.6. The third-order valence-electron chi connectivity index (χ3n) is 4.16. The van der Waals surface area contributed by atoms with Crippen LogP contribution in [-0.4, -0.2) is 42.6 Å². The van der Waals surface area contributed by atoms with Gasteiger partial charge in [-0.2, -0.15) is 8.78 Å². The highest BCUT2D eigenvalue weighted by Crippen LogP contribution is 2.65. The molecule has 11 heteroatoms. The van der Waals surface area contributed by atoms with Crippen molar-refractivity contribution in [1.29, 1.82) is 0 Å². The second kappa shape index (κ2) is 11.7. The summed E-state index contributed by atoms with van der Waals surface area (Å²) in [6.07, 6.45) is -1.11. The van der Waals surface area contributed by atoms with E-state index in [-0.39, 0.29) is 19.8 Å². The lowest BCUT2D eigenvalue weighted by Crippen LogP contribution is -2.52. The third-order valence-corrected chi connectivity index (χ3v) is 6.49. The molecule has 1 N–H and O–H groups in total. The number of benzene rings is 1. The summed E-state index contributed by atoms with van der Waals surface area (Å²) < 4.78 is 63.2. The number of ether oxygens (including phenoxy) is 2. The van der Waals surface area contributed by atoms with Crippen LogP contribution < -0.4 is 5.32 Å². The molecule has 0 saturated heterocycles. The van der Waals surface area contributed by atoms with Crippen molar-refractivity contribution in [1.82, 2.24) is 5.32 Å². The highest BCUT2D eigenvalue weighted by Gasteiger charge is 2.60. The molecule has 1 amide bonds. The normalized spacial score (nSPS) is 14.4. The number of hydrogen-bond acceptors (Lipinski definition) is 7. The summed E-state index contributed by atoms with van der Waals surface area (Å²) in [6.45, 7) is 7.64. The van der Waals surface area contributed by atoms with Crippen molar-refractivity contribution in [2.75, 3.05) is 13.2 Å². The zero-order valence-electron chi connectivity index (χ0n) is 19.2. The van der Waals surface area contributed by atoms with Crippen molar-refractivity contribution in [3.63, 3.8) is 0 Å². The summed E-state index contributed by atoms with van der Waals surface area (Å²) in [4.78, 5) is 25.0. The summed E-state index contributed by atoms with van der Waals surface area (Å²) >= 11 is 0. The molecule has 0 aliphatic heterocycles. The summed E-state index contributed by atoms with van der Waals surface area (Å²) in [5.41, 5.74) is -4.45. The molecular weight excluding hydrogens is 447 g/mol. The maximum Gasteiger partial charge on any atom is 0.408 e. The minimum absolute atomic E-state index is 0.209. The highest BCUT2D eigenvalue weighted by atomic mass is 31.2. The van der Waals surface area contributed by atoms with Gasteiger partial charge in [-0.05, 0) is 40.2 Å². The largest absolute Gasteiger partial charge is 0.459 e. The first kappa shape index (κ1) is 28.0. The summed E-state index contributed by atoms with van der Waals surface area (Å²) in [6, 6.07) is 6.67. The SMILES string of the molecule is CCOP(=O)(OCC)C(F)(F)[C@H](C)[C@@H](NC(=O)OC(C)(C)C)C(=O)OCc1ccccc1. The molecular formula is C21H32F2NO7P. The first-order chi connectivity index (χ1) is 14.8. The maximum atomic E-state index is 15.3. The molecule has 0 saturated carbocycles. The van der Waals surface area contributed by atoms with E-state index in [2.05, 4.69) is 5.32 Å². The summed E-state index contributed by atoms with van der Waals surface area (Å²) in [7, 11) is -4.97. The van der Waals surface area contributed by atoms with Crippen LogP contribution in [-0.2, 0) is 34.5 Å². The van der Waals surface area contributed by atoms with Gasteiger partial charge in [0.15, 0.2) is 0 Å². The number of nitrogens with one attached hydrogen (secondary N) is 1. The standard InChI is InChI=1S/C21H32F2NO7P/c1-7-29-32(27,30-8-2)21(22,23)15(3)17(24-19(26)31-20(4,5)6)18(25)28-14-16-12-10-9-11-13-16/h9-13,15,17H,7-8,14H2,1-6H3,(H,24,26)/t15-,17-/m1/s1. The third kappa shape index (κ3) is 7.83. The molecule has 0 aromatic heterocycles. The molecule has 0 aliphatic carbocycles. The van der Waals surface area contributed by atoms with Crippen LogP contribution in [0.25, 0.3) is 0 Å². The van der Waals surface area contributed by atoms with E-state index in [1.807, 2.05) is 0 Å². The molecule has 0 fully saturated rings. The highest BCUT2D eigenvalue weighted by molar-refractivity contribution is 7.55. The molecule has 1 aromatic rings. The van der Waals surface area contributed by atoms with Crippen LogP contribution in [0.5, 0.6) is 0 Å². The predicted octanol–water partition coefficient (Wildman–Crippen LogP) is 5.12. The fraction of sp³-hybridized carbons (Fsp3) is 0.619. The molecule has 1 rings (SSSR count). The molecule has 0 aliphatic rings. The van der Waals surface area contributed by atoms with Gasteiger partial charge in [-0.1, -0.05) is 37.3 Å². The van der Waals surface area contributed by atoms with Gasteiger partial charge in [-0.25, -0.2) is 9.59 Å². The Morgan fingerprint density at radius 2 is 1.59 bits per heavy atom. The van der Waals surface area contributed by atoms with Gasteiger partial charge in [0.25, 0.3) is 0 Å². The van der Waals surface area contributed by atoms with Gasteiger partial charge in [-0.3, -0.25) is 4.57 Å². The number of rotatable bonds is 11. The van der Waals surface area contributed by atoms with Gasteiger partial charge in [0.05, 0.1) is 19.1 Å². The molecule has 0 bridgehead atoms. The maximum absolute atomic E-state index is 15.3. The summed E-state index contributed by atoms with van der Waals surface area (Å²) in [5, 5.41) is 2.12. The van der Waals surface area contributed by atoms with E-state index in [4.69, 9.17) is 18.5 Å². The Balaban J connectivity index is 3.19. The smallest absolute Gasteiger partial charge is 0.408 e. The van der Waals surface area contributed by atoms with Gasteiger partial charge < -0.3 is 23.8 Å². The van der Waals surface area contributed by atoms with Gasteiger partial charge >= 0.3 is 25.3 Å². The van der Waals surface area contributed by atoms with E-state index in [9.17, 15) is 14.2 Å². The average molecular weight is 479 g/mol. The van der Waals surface area contributed by atoms with Gasteiger partial charge in [0, 0.05) is 0 Å². The van der Waals surface area contributed by atoms with Crippen molar-refractivity contribution < 1.29 is 41.5 Å². The van der Waals surface area contributed by atoms with Crippen molar-refractivity contribution >= 4 is 19.7 Å². The fourth-order valence-electron chi connectivity index (χ4n) is 2.64. The number of amides is 1. The Labute approximate surface area is 187 Å². The van der Waals surface area contributed by atoms with E-state index in [0.29, 0.717) is 5.56 Å². The first-order valence-electron chi connectivity index (χ1n) is 10.2. The van der Waals surface area contributed by atoms with E-state index < -0.39 is 42.9 Å². The lowest BCUT2D eigenvalue weighted by atomic mass is 10.0. The Bertz CT molecular complexity index is 789. The van der Waals surface area contributed by atoms with Crippen molar-refractivity contribution in [2.45, 2.75) is 65.5 Å². The molecule has 32 heavy (non-hydrogen) atoms. The molecule has 1 aromatic carbocycles. The average Bonchev–Trinajstić information content (AvgIpc) is 2.69. The van der Waals surface area contributed by atoms with Crippen molar-refractivity contribution in [2.24, 2.45) is 5.92 Å². The first-order valence-corrected chi connectivity index (χ1v) is 11.8. The Kier molecular flexibility index (Phi) is 10.3. The number of esters is 1. The van der Waals surface area contributed by atoms with Crippen molar-refractivity contribution in [3.05, 3.63) is 35.9 Å². The number of carbonyl (C=O) groups is 2. The lowest BCUT2D eigenvalue weighted by Gasteiger charge is -2.34. The number of alkyl carbamates (subject to hydrolysis) is 1. The molecule has 182 valence electrons. The second-order valence-electron chi connectivity index (χ2n) is 7.93. The zero-order valence-corrected chi connectivity index (χ0v) is 20.1. The second-order valence-corrected chi connectivity index (χ2v) is 10.0. The lowest BCUT2D eigenvalue weighted by molar-refractivity contribution is -0.152. The Hall–Kier alpha value is -2.03. The Morgan fingerprint density at radius 1 is 1.06 bits per heavy atom.